The fraction of sp³-hybridized carbons (Fsp3) is 0.950. The molecule has 0 aliphatic carbocycles. The summed E-state index contributed by atoms with van der Waals surface area (Å²) in [5.41, 5.74) is 5.29. The summed E-state index contributed by atoms with van der Waals surface area (Å²) in [5, 5.41) is 0. The number of nitrogens with two attached hydrogens (primary N) is 1. The third kappa shape index (κ3) is 21.9. The van der Waals surface area contributed by atoms with Crippen LogP contribution in [0.5, 0.6) is 0 Å². The molecule has 0 aliphatic rings. The van der Waals surface area contributed by atoms with Crippen molar-refractivity contribution in [2.45, 2.75) is 116 Å². The van der Waals surface area contributed by atoms with E-state index in [0.717, 1.165) is 6.42 Å². The molecule has 3 heteroatoms. The van der Waals surface area contributed by atoms with E-state index in [1.54, 1.807) is 0 Å². The number of carbonyl (C=O) groups excluding carboxylic acids is 1. The first-order chi connectivity index (χ1) is 10.8. The molecule has 0 heterocycles. The Balaban J connectivity index is 0. The molecule has 0 bridgehead atoms. The van der Waals surface area contributed by atoms with Crippen molar-refractivity contribution in [1.29, 1.82) is 0 Å². The van der Waals surface area contributed by atoms with E-state index in [2.05, 4.69) is 6.92 Å². The molecule has 0 spiro atoms. The van der Waals surface area contributed by atoms with Gasteiger partial charge in [-0.3, -0.25) is 4.79 Å². The first-order valence-corrected chi connectivity index (χ1v) is 10.0. The molecule has 0 unspecified atom stereocenters. The quantitative estimate of drug-likeness (QED) is 0.284. The van der Waals surface area contributed by atoms with Crippen LogP contribution < -0.4 is 5.73 Å². The van der Waals surface area contributed by atoms with E-state index in [-0.39, 0.29) is 24.7 Å². The fourth-order valence-corrected chi connectivity index (χ4v) is 2.97. The van der Waals surface area contributed by atoms with Crippen LogP contribution in [0.1, 0.15) is 116 Å². The third-order valence-electron chi connectivity index (χ3n) is 4.54. The van der Waals surface area contributed by atoms with Crippen molar-refractivity contribution in [1.82, 2.24) is 0 Å². The summed E-state index contributed by atoms with van der Waals surface area (Å²) in [6.45, 7) is 2.50. The van der Waals surface area contributed by atoms with Crippen LogP contribution in [0.15, 0.2) is 0 Å². The van der Waals surface area contributed by atoms with Gasteiger partial charge < -0.3 is 5.73 Å². The molecule has 0 radical (unpaired) electrons. The zero-order valence-electron chi connectivity index (χ0n) is 15.6. The summed E-state index contributed by atoms with van der Waals surface area (Å²) < 4.78 is 0. The SMILES string of the molecule is CCCCCCCCCCCCCCCCCCC(=O)CN.Cl. The largest absolute Gasteiger partial charge is 0.324 e. The zero-order valence-corrected chi connectivity index (χ0v) is 16.4. The standard InChI is InChI=1S/C20H41NO.ClH/c1-2-3-4-5-6-7-8-9-10-11-12-13-14-15-16-17-18-20(22)19-21;/h2-19,21H2,1H3;1H. The van der Waals surface area contributed by atoms with Gasteiger partial charge in [-0.2, -0.15) is 0 Å². The zero-order chi connectivity index (χ0) is 16.3. The Labute approximate surface area is 151 Å². The lowest BCUT2D eigenvalue weighted by atomic mass is 10.0. The lowest BCUT2D eigenvalue weighted by molar-refractivity contribution is -0.117. The second-order valence-electron chi connectivity index (χ2n) is 6.80. The summed E-state index contributed by atoms with van der Waals surface area (Å²) in [7, 11) is 0. The van der Waals surface area contributed by atoms with E-state index in [1.165, 1.54) is 96.3 Å². The molecular formula is C20H42ClNO. The van der Waals surface area contributed by atoms with Crippen molar-refractivity contribution in [2.75, 3.05) is 6.54 Å². The Morgan fingerprint density at radius 1 is 0.609 bits per heavy atom. The number of hydrogen-bond donors (Lipinski definition) is 1. The minimum absolute atomic E-state index is 0. The van der Waals surface area contributed by atoms with Gasteiger partial charge >= 0.3 is 0 Å². The van der Waals surface area contributed by atoms with Gasteiger partial charge in [-0.05, 0) is 6.42 Å². The minimum atomic E-state index is 0. The number of halogens is 1. The first kappa shape index (κ1) is 25.2. The maximum atomic E-state index is 11.0. The number of carbonyl (C=O) groups is 1. The van der Waals surface area contributed by atoms with E-state index in [9.17, 15) is 4.79 Å². The molecule has 140 valence electrons. The lowest BCUT2D eigenvalue weighted by Crippen LogP contribution is -2.12. The minimum Gasteiger partial charge on any atom is -0.324 e. The van der Waals surface area contributed by atoms with E-state index in [4.69, 9.17) is 5.73 Å². The predicted octanol–water partition coefficient (Wildman–Crippen LogP) is 6.59. The first-order valence-electron chi connectivity index (χ1n) is 10.0. The van der Waals surface area contributed by atoms with Crippen LogP contribution in [0.2, 0.25) is 0 Å². The molecule has 0 aromatic carbocycles. The molecular weight excluding hydrogens is 306 g/mol. The van der Waals surface area contributed by atoms with Crippen LogP contribution in [0.25, 0.3) is 0 Å². The summed E-state index contributed by atoms with van der Waals surface area (Å²) in [6.07, 6.45) is 22.6. The summed E-state index contributed by atoms with van der Waals surface area (Å²) in [4.78, 5) is 11.0. The molecule has 2 nitrogen and oxygen atoms in total. The van der Waals surface area contributed by atoms with Crippen LogP contribution in [0, 0.1) is 0 Å². The van der Waals surface area contributed by atoms with Crippen molar-refractivity contribution in [3.63, 3.8) is 0 Å². The van der Waals surface area contributed by atoms with Gasteiger partial charge in [0.1, 0.15) is 5.78 Å². The highest BCUT2D eigenvalue weighted by molar-refractivity contribution is 5.85. The molecule has 0 aliphatic heterocycles. The van der Waals surface area contributed by atoms with Crippen molar-refractivity contribution >= 4 is 18.2 Å². The van der Waals surface area contributed by atoms with E-state index < -0.39 is 0 Å². The Kier molecular flexibility index (Phi) is 24.0. The normalized spacial score (nSPS) is 10.5. The summed E-state index contributed by atoms with van der Waals surface area (Å²) >= 11 is 0. The smallest absolute Gasteiger partial charge is 0.146 e. The van der Waals surface area contributed by atoms with Crippen LogP contribution in [-0.4, -0.2) is 12.3 Å². The molecule has 0 fully saturated rings. The van der Waals surface area contributed by atoms with Gasteiger partial charge in [0, 0.05) is 6.42 Å². The highest BCUT2D eigenvalue weighted by atomic mass is 35.5. The highest BCUT2D eigenvalue weighted by Gasteiger charge is 1.98. The van der Waals surface area contributed by atoms with Crippen molar-refractivity contribution in [3.05, 3.63) is 0 Å². The van der Waals surface area contributed by atoms with Gasteiger partial charge in [0.2, 0.25) is 0 Å². The Bertz CT molecular complexity index is 234. The number of unbranched alkanes of at least 4 members (excludes halogenated alkanes) is 15. The number of rotatable bonds is 18. The fourth-order valence-electron chi connectivity index (χ4n) is 2.97. The van der Waals surface area contributed by atoms with E-state index in [0.29, 0.717) is 6.42 Å². The Morgan fingerprint density at radius 3 is 1.22 bits per heavy atom. The molecule has 0 amide bonds. The van der Waals surface area contributed by atoms with Gasteiger partial charge in [-0.15, -0.1) is 12.4 Å². The van der Waals surface area contributed by atoms with Crippen molar-refractivity contribution in [3.8, 4) is 0 Å². The van der Waals surface area contributed by atoms with Gasteiger partial charge in [0.25, 0.3) is 0 Å². The number of Topliss-reactive ketones (excluding diaryl/α,β-unsaturated/α-hetero) is 1. The molecule has 0 saturated heterocycles. The maximum absolute atomic E-state index is 11.0. The Morgan fingerprint density at radius 2 is 0.913 bits per heavy atom. The van der Waals surface area contributed by atoms with Crippen LogP contribution in [-0.2, 0) is 4.79 Å². The average molecular weight is 348 g/mol. The second kappa shape index (κ2) is 21.9. The third-order valence-corrected chi connectivity index (χ3v) is 4.54. The summed E-state index contributed by atoms with van der Waals surface area (Å²) in [5.74, 6) is 0.213. The van der Waals surface area contributed by atoms with Gasteiger partial charge in [0.15, 0.2) is 0 Å². The average Bonchev–Trinajstić information content (AvgIpc) is 2.54. The molecule has 0 atom stereocenters. The van der Waals surface area contributed by atoms with Crippen LogP contribution in [0.4, 0.5) is 0 Å². The van der Waals surface area contributed by atoms with Crippen LogP contribution in [0.3, 0.4) is 0 Å². The second-order valence-corrected chi connectivity index (χ2v) is 6.80. The molecule has 2 N–H and O–H groups in total. The topological polar surface area (TPSA) is 43.1 Å². The monoisotopic (exact) mass is 347 g/mol. The number of ketones is 1. The maximum Gasteiger partial charge on any atom is 0.146 e. The molecule has 0 rings (SSSR count). The predicted molar refractivity (Wildman–Crippen MR) is 105 cm³/mol. The van der Waals surface area contributed by atoms with E-state index in [1.807, 2.05) is 0 Å². The van der Waals surface area contributed by atoms with Gasteiger partial charge in [-0.1, -0.05) is 103 Å². The molecule has 23 heavy (non-hydrogen) atoms. The molecule has 0 saturated carbocycles. The molecule has 0 aromatic heterocycles. The van der Waals surface area contributed by atoms with Gasteiger partial charge in [0.05, 0.1) is 6.54 Å². The Hall–Kier alpha value is -0.0800. The van der Waals surface area contributed by atoms with Crippen molar-refractivity contribution in [2.24, 2.45) is 5.73 Å². The lowest BCUT2D eigenvalue weighted by Gasteiger charge is -2.03. The van der Waals surface area contributed by atoms with Gasteiger partial charge in [-0.25, -0.2) is 0 Å². The number of hydrogen-bond acceptors (Lipinski definition) is 2. The highest BCUT2D eigenvalue weighted by Crippen LogP contribution is 2.13. The molecule has 0 aromatic rings. The van der Waals surface area contributed by atoms with Crippen LogP contribution >= 0.6 is 12.4 Å². The van der Waals surface area contributed by atoms with Crippen molar-refractivity contribution < 1.29 is 4.79 Å². The van der Waals surface area contributed by atoms with E-state index >= 15 is 0 Å². The summed E-state index contributed by atoms with van der Waals surface area (Å²) in [6, 6.07) is 0.